The Morgan fingerprint density at radius 2 is 1.54 bits per heavy atom. The molecule has 17 nitrogen and oxygen atoms in total. The molecule has 1 heterocycles. The van der Waals surface area contributed by atoms with E-state index in [1.807, 2.05) is 25.1 Å². The van der Waals surface area contributed by atoms with Gasteiger partial charge in [-0.05, 0) is 92.6 Å². The van der Waals surface area contributed by atoms with Gasteiger partial charge in [0.25, 0.3) is 5.91 Å². The highest BCUT2D eigenvalue weighted by atomic mass is 16.5. The van der Waals surface area contributed by atoms with Crippen LogP contribution in [0.2, 0.25) is 0 Å². The molecule has 0 saturated carbocycles. The molecule has 9 N–H and O–H groups in total. The van der Waals surface area contributed by atoms with E-state index in [-0.39, 0.29) is 58.0 Å². The Bertz CT molecular complexity index is 2230. The second-order valence-corrected chi connectivity index (χ2v) is 16.8. The number of nitrogens with zero attached hydrogens (tertiary/aromatic N) is 2. The summed E-state index contributed by atoms with van der Waals surface area (Å²) in [7, 11) is 1.42. The molecule has 0 unspecified atom stereocenters. The van der Waals surface area contributed by atoms with Crippen LogP contribution in [-0.4, -0.2) is 105 Å². The van der Waals surface area contributed by atoms with Crippen molar-refractivity contribution in [1.29, 1.82) is 5.26 Å². The van der Waals surface area contributed by atoms with Crippen LogP contribution in [0.4, 0.5) is 0 Å². The molecule has 362 valence electrons. The number of likely N-dealkylation sites (N-methyl/N-ethyl adjacent to an activating group) is 1. The van der Waals surface area contributed by atoms with Gasteiger partial charge in [-0.15, -0.1) is 0 Å². The molecule has 67 heavy (non-hydrogen) atoms. The van der Waals surface area contributed by atoms with Crippen molar-refractivity contribution in [3.05, 3.63) is 82.4 Å². The Morgan fingerprint density at radius 1 is 0.866 bits per heavy atom. The highest BCUT2D eigenvalue weighted by molar-refractivity contribution is 6.00. The molecule has 3 aromatic rings. The topological polar surface area (TPSA) is 260 Å². The Labute approximate surface area is 394 Å². The van der Waals surface area contributed by atoms with Crippen molar-refractivity contribution in [2.24, 2.45) is 11.5 Å². The van der Waals surface area contributed by atoms with Crippen LogP contribution in [0.3, 0.4) is 0 Å². The summed E-state index contributed by atoms with van der Waals surface area (Å²) in [5.41, 5.74) is 15.8. The van der Waals surface area contributed by atoms with Crippen LogP contribution >= 0.6 is 0 Å². The summed E-state index contributed by atoms with van der Waals surface area (Å²) in [5.74, 6) is -2.85. The van der Waals surface area contributed by atoms with Crippen molar-refractivity contribution in [2.75, 3.05) is 46.4 Å². The summed E-state index contributed by atoms with van der Waals surface area (Å²) in [5, 5.41) is 22.7. The van der Waals surface area contributed by atoms with Gasteiger partial charge in [-0.3, -0.25) is 28.8 Å². The number of amides is 6. The first-order chi connectivity index (χ1) is 32.3. The normalized spacial score (nSPS) is 16.2. The lowest BCUT2D eigenvalue weighted by Gasteiger charge is -2.33. The van der Waals surface area contributed by atoms with E-state index in [4.69, 9.17) is 20.9 Å². The standard InChI is InChI=1S/C50H69N9O8/c1-6-8-9-10-11-12-13-34-14-17-37(32(3)28-34)47(62)57-40(18-21-44(60)54-7-2)50(65)59(5)45-36-16-20-43(67-27-24-53)39(31-36)38-29-35(15-19-42(38)66-26-23-52)30-41(48(63)55-25-22-51)58-46(61)33(4)56-49(45)64/h14-17,19-20,28-29,31,33,40-41,45H,6-13,18,21,23-27,30,52-53H2,1-5H3,(H,54,60)(H,55,63)(H,56,64)(H,57,62)(H,58,61)/t33-,40-,41-,45-/m0/s1. The molecule has 0 aromatic heterocycles. The lowest BCUT2D eigenvalue weighted by Crippen LogP contribution is -2.56. The van der Waals surface area contributed by atoms with Crippen LogP contribution in [0, 0.1) is 18.3 Å². The van der Waals surface area contributed by atoms with E-state index in [9.17, 15) is 34.0 Å². The largest absolute Gasteiger partial charge is 0.492 e. The fourth-order valence-electron chi connectivity index (χ4n) is 8.01. The first-order valence-corrected chi connectivity index (χ1v) is 23.4. The van der Waals surface area contributed by atoms with Crippen LogP contribution in [-0.2, 0) is 36.8 Å². The van der Waals surface area contributed by atoms with Gasteiger partial charge in [0.15, 0.2) is 0 Å². The number of unbranched alkanes of at least 4 members (excludes halogenated alkanes) is 5. The van der Waals surface area contributed by atoms with Gasteiger partial charge in [0, 0.05) is 56.2 Å². The zero-order valence-electron chi connectivity index (χ0n) is 39.6. The second kappa shape index (κ2) is 27.2. The van der Waals surface area contributed by atoms with Crippen molar-refractivity contribution in [3.8, 4) is 28.7 Å². The zero-order valence-corrected chi connectivity index (χ0v) is 39.6. The third kappa shape index (κ3) is 15.5. The summed E-state index contributed by atoms with van der Waals surface area (Å²) in [4.78, 5) is 84.8. The first-order valence-electron chi connectivity index (χ1n) is 23.4. The molecular weight excluding hydrogens is 855 g/mol. The van der Waals surface area contributed by atoms with Crippen molar-refractivity contribution in [1.82, 2.24) is 31.5 Å². The Morgan fingerprint density at radius 3 is 2.19 bits per heavy atom. The Balaban J connectivity index is 1.81. The number of nitrogens with two attached hydrogens (primary N) is 2. The van der Waals surface area contributed by atoms with E-state index in [1.54, 1.807) is 49.4 Å². The lowest BCUT2D eigenvalue weighted by molar-refractivity contribution is -0.142. The maximum absolute atomic E-state index is 14.9. The van der Waals surface area contributed by atoms with Gasteiger partial charge >= 0.3 is 0 Å². The Hall–Kier alpha value is -6.51. The molecule has 0 spiro atoms. The van der Waals surface area contributed by atoms with Crippen molar-refractivity contribution in [2.45, 2.75) is 116 Å². The number of fused-ring (bicyclic) bond motifs is 5. The zero-order chi connectivity index (χ0) is 48.9. The molecule has 1 aliphatic rings. The lowest BCUT2D eigenvalue weighted by atomic mass is 9.93. The number of carbonyl (C=O) groups excluding carboxylic acids is 6. The van der Waals surface area contributed by atoms with Crippen LogP contribution in [0.25, 0.3) is 11.1 Å². The van der Waals surface area contributed by atoms with Gasteiger partial charge in [-0.25, -0.2) is 0 Å². The number of ether oxygens (including phenoxy) is 2. The van der Waals surface area contributed by atoms with Crippen LogP contribution in [0.1, 0.15) is 111 Å². The van der Waals surface area contributed by atoms with Gasteiger partial charge < -0.3 is 52.4 Å². The van der Waals surface area contributed by atoms with E-state index in [1.165, 1.54) is 44.6 Å². The average Bonchev–Trinajstić information content (AvgIpc) is 3.31. The van der Waals surface area contributed by atoms with E-state index in [0.717, 1.165) is 30.4 Å². The van der Waals surface area contributed by atoms with Crippen LogP contribution in [0.5, 0.6) is 11.5 Å². The van der Waals surface area contributed by atoms with E-state index >= 15 is 0 Å². The summed E-state index contributed by atoms with van der Waals surface area (Å²) in [6.07, 6.45) is 7.67. The average molecular weight is 924 g/mol. The summed E-state index contributed by atoms with van der Waals surface area (Å²) >= 11 is 0. The molecule has 4 rings (SSSR count). The predicted octanol–water partition coefficient (Wildman–Crippen LogP) is 3.64. The molecule has 4 bridgehead atoms. The molecule has 6 amide bonds. The fraction of sp³-hybridized carbons (Fsp3) is 0.500. The fourth-order valence-corrected chi connectivity index (χ4v) is 8.01. The van der Waals surface area contributed by atoms with E-state index in [0.29, 0.717) is 45.9 Å². The van der Waals surface area contributed by atoms with Gasteiger partial charge in [-0.1, -0.05) is 63.3 Å². The summed E-state index contributed by atoms with van der Waals surface area (Å²) in [6.45, 7) is 7.96. The smallest absolute Gasteiger partial charge is 0.252 e. The SMILES string of the molecule is CCCCCCCCc1ccc(C(=O)N[C@@H](CCC(=O)NCC)C(=O)N(C)[C@@H]2C(=O)N[C@@H](C)C(=O)N[C@H](C(=O)NCC#N)Cc3ccc(OCCN)c(c3)-c3cc2ccc3OCCN)c(C)c1. The van der Waals surface area contributed by atoms with Crippen LogP contribution in [0.15, 0.2) is 54.6 Å². The number of hydrogen-bond acceptors (Lipinski definition) is 11. The highest BCUT2D eigenvalue weighted by Crippen LogP contribution is 2.40. The molecule has 17 heteroatoms. The predicted molar refractivity (Wildman–Crippen MR) is 256 cm³/mol. The number of rotatable bonds is 23. The minimum atomic E-state index is -1.42. The summed E-state index contributed by atoms with van der Waals surface area (Å²) in [6, 6.07) is 12.6. The number of nitriles is 1. The minimum Gasteiger partial charge on any atom is -0.492 e. The molecule has 1 aliphatic heterocycles. The molecule has 0 radical (unpaired) electrons. The first kappa shape index (κ1) is 53.1. The van der Waals surface area contributed by atoms with Crippen LogP contribution < -0.4 is 47.5 Å². The van der Waals surface area contributed by atoms with Crippen molar-refractivity contribution < 1.29 is 38.2 Å². The van der Waals surface area contributed by atoms with Gasteiger partial charge in [-0.2, -0.15) is 5.26 Å². The number of aryl methyl sites for hydroxylation is 2. The molecule has 4 atom stereocenters. The number of hydrogen-bond donors (Lipinski definition) is 7. The monoisotopic (exact) mass is 924 g/mol. The maximum Gasteiger partial charge on any atom is 0.252 e. The van der Waals surface area contributed by atoms with Crippen molar-refractivity contribution in [3.63, 3.8) is 0 Å². The second-order valence-electron chi connectivity index (χ2n) is 16.8. The number of benzene rings is 3. The quantitative estimate of drug-likeness (QED) is 0.0534. The van der Waals surface area contributed by atoms with E-state index in [2.05, 4.69) is 33.5 Å². The molecular formula is C50H69N9O8. The maximum atomic E-state index is 14.9. The minimum absolute atomic E-state index is 0.00136. The molecule has 0 fully saturated rings. The van der Waals surface area contributed by atoms with Gasteiger partial charge in [0.05, 0.1) is 6.07 Å². The molecule has 0 aliphatic carbocycles. The highest BCUT2D eigenvalue weighted by Gasteiger charge is 2.36. The third-order valence-electron chi connectivity index (χ3n) is 11.5. The Kier molecular flexibility index (Phi) is 21.6. The molecule has 3 aromatic carbocycles. The van der Waals surface area contributed by atoms with Gasteiger partial charge in [0.2, 0.25) is 29.5 Å². The molecule has 0 saturated heterocycles. The summed E-state index contributed by atoms with van der Waals surface area (Å²) < 4.78 is 12.2. The number of nitrogens with one attached hydrogen (secondary N) is 5. The van der Waals surface area contributed by atoms with Gasteiger partial charge in [0.1, 0.15) is 55.4 Å². The number of carbonyl (C=O) groups is 6. The van der Waals surface area contributed by atoms with E-state index < -0.39 is 53.7 Å². The third-order valence-corrected chi connectivity index (χ3v) is 11.5. The van der Waals surface area contributed by atoms with Crippen molar-refractivity contribution >= 4 is 35.4 Å².